The monoisotopic (exact) mass is 243 g/mol. The van der Waals surface area contributed by atoms with Crippen LogP contribution in [0.3, 0.4) is 0 Å². The van der Waals surface area contributed by atoms with Gasteiger partial charge in [0.05, 0.1) is 6.04 Å². The first-order valence-corrected chi connectivity index (χ1v) is 6.62. The fourth-order valence-corrected chi connectivity index (χ4v) is 3.21. The highest BCUT2D eigenvalue weighted by molar-refractivity contribution is 5.93. The Labute approximate surface area is 107 Å². The third kappa shape index (κ3) is 1.94. The van der Waals surface area contributed by atoms with Crippen LogP contribution < -0.4 is 0 Å². The van der Waals surface area contributed by atoms with E-state index in [0.29, 0.717) is 19.4 Å². The van der Waals surface area contributed by atoms with E-state index in [4.69, 9.17) is 0 Å². The number of benzene rings is 1. The van der Waals surface area contributed by atoms with Gasteiger partial charge in [0.25, 0.3) is 0 Å². The highest BCUT2D eigenvalue weighted by Gasteiger charge is 2.45. The summed E-state index contributed by atoms with van der Waals surface area (Å²) in [6.07, 6.45) is 3.17. The Bertz CT molecular complexity index is 469. The van der Waals surface area contributed by atoms with Gasteiger partial charge < -0.3 is 4.90 Å². The molecule has 1 saturated carbocycles. The summed E-state index contributed by atoms with van der Waals surface area (Å²) in [5.41, 5.74) is 1.10. The first-order valence-electron chi connectivity index (χ1n) is 6.62. The molecule has 1 amide bonds. The van der Waals surface area contributed by atoms with Gasteiger partial charge in [-0.25, -0.2) is 0 Å². The van der Waals surface area contributed by atoms with Crippen molar-refractivity contribution in [3.8, 4) is 0 Å². The molecule has 1 aromatic carbocycles. The predicted molar refractivity (Wildman–Crippen MR) is 67.7 cm³/mol. The molecule has 1 heterocycles. The molecular weight excluding hydrogens is 226 g/mol. The molecule has 0 aromatic heterocycles. The quantitative estimate of drug-likeness (QED) is 0.798. The largest absolute Gasteiger partial charge is 0.328 e. The SMILES string of the molecule is O=C1CCC[C@@H]2CC(=O)N(Cc3ccccc3)[C@H]12. The van der Waals surface area contributed by atoms with Crippen molar-refractivity contribution < 1.29 is 9.59 Å². The average Bonchev–Trinajstić information content (AvgIpc) is 2.69. The summed E-state index contributed by atoms with van der Waals surface area (Å²) >= 11 is 0. The van der Waals surface area contributed by atoms with Crippen molar-refractivity contribution in [2.45, 2.75) is 38.3 Å². The minimum absolute atomic E-state index is 0.143. The zero-order valence-corrected chi connectivity index (χ0v) is 10.3. The molecule has 3 nitrogen and oxygen atoms in total. The van der Waals surface area contributed by atoms with Crippen LogP contribution in [-0.2, 0) is 16.1 Å². The van der Waals surface area contributed by atoms with E-state index in [2.05, 4.69) is 0 Å². The van der Waals surface area contributed by atoms with Crippen LogP contribution in [-0.4, -0.2) is 22.6 Å². The number of nitrogens with zero attached hydrogens (tertiary/aromatic N) is 1. The Kier molecular flexibility index (Phi) is 2.90. The molecule has 2 aliphatic rings. The molecule has 1 saturated heterocycles. The molecule has 3 rings (SSSR count). The highest BCUT2D eigenvalue weighted by atomic mass is 16.2. The van der Waals surface area contributed by atoms with E-state index in [0.717, 1.165) is 18.4 Å². The highest BCUT2D eigenvalue weighted by Crippen LogP contribution is 2.35. The smallest absolute Gasteiger partial charge is 0.223 e. The summed E-state index contributed by atoms with van der Waals surface area (Å²) in [5, 5.41) is 0. The number of carbonyl (C=O) groups is 2. The number of rotatable bonds is 2. The van der Waals surface area contributed by atoms with Gasteiger partial charge in [-0.3, -0.25) is 9.59 Å². The summed E-state index contributed by atoms with van der Waals surface area (Å²) in [7, 11) is 0. The zero-order valence-electron chi connectivity index (χ0n) is 10.3. The van der Waals surface area contributed by atoms with E-state index in [1.807, 2.05) is 30.3 Å². The van der Waals surface area contributed by atoms with Crippen molar-refractivity contribution in [2.75, 3.05) is 0 Å². The van der Waals surface area contributed by atoms with Gasteiger partial charge in [0, 0.05) is 19.4 Å². The Morgan fingerprint density at radius 2 is 1.94 bits per heavy atom. The minimum atomic E-state index is -0.147. The van der Waals surface area contributed by atoms with Gasteiger partial charge in [-0.1, -0.05) is 30.3 Å². The van der Waals surface area contributed by atoms with E-state index >= 15 is 0 Å². The maximum absolute atomic E-state index is 12.1. The van der Waals surface area contributed by atoms with Crippen LogP contribution in [0, 0.1) is 5.92 Å². The van der Waals surface area contributed by atoms with Gasteiger partial charge in [0.2, 0.25) is 5.91 Å². The third-order valence-corrected chi connectivity index (χ3v) is 4.06. The predicted octanol–water partition coefficient (Wildman–Crippen LogP) is 2.16. The average molecular weight is 243 g/mol. The van der Waals surface area contributed by atoms with Gasteiger partial charge in [-0.2, -0.15) is 0 Å². The normalized spacial score (nSPS) is 27.4. The molecular formula is C15H17NO2. The van der Waals surface area contributed by atoms with Crippen molar-refractivity contribution in [2.24, 2.45) is 5.92 Å². The number of Topliss-reactive ketones (excluding diaryl/α,β-unsaturated/α-hetero) is 1. The molecule has 18 heavy (non-hydrogen) atoms. The molecule has 0 bridgehead atoms. The molecule has 0 N–H and O–H groups in total. The second kappa shape index (κ2) is 4.56. The molecule has 94 valence electrons. The van der Waals surface area contributed by atoms with E-state index in [1.54, 1.807) is 4.90 Å². The van der Waals surface area contributed by atoms with E-state index < -0.39 is 0 Å². The van der Waals surface area contributed by atoms with Crippen LogP contribution in [0.4, 0.5) is 0 Å². The molecule has 0 spiro atoms. The van der Waals surface area contributed by atoms with Crippen LogP contribution >= 0.6 is 0 Å². The summed E-state index contributed by atoms with van der Waals surface area (Å²) in [6, 6.07) is 9.77. The Morgan fingerprint density at radius 1 is 1.17 bits per heavy atom. The molecule has 1 aliphatic carbocycles. The molecule has 2 atom stereocenters. The van der Waals surface area contributed by atoms with E-state index in [-0.39, 0.29) is 23.7 Å². The maximum atomic E-state index is 12.1. The van der Waals surface area contributed by atoms with Crippen LogP contribution in [0.5, 0.6) is 0 Å². The van der Waals surface area contributed by atoms with Gasteiger partial charge in [-0.15, -0.1) is 0 Å². The summed E-state index contributed by atoms with van der Waals surface area (Å²) in [5.74, 6) is 0.666. The summed E-state index contributed by atoms with van der Waals surface area (Å²) < 4.78 is 0. The molecule has 0 radical (unpaired) electrons. The topological polar surface area (TPSA) is 37.4 Å². The number of hydrogen-bond donors (Lipinski definition) is 0. The molecule has 3 heteroatoms. The fourth-order valence-electron chi connectivity index (χ4n) is 3.21. The minimum Gasteiger partial charge on any atom is -0.328 e. The van der Waals surface area contributed by atoms with Crippen molar-refractivity contribution in [3.63, 3.8) is 0 Å². The fraction of sp³-hybridized carbons (Fsp3) is 0.467. The van der Waals surface area contributed by atoms with E-state index in [9.17, 15) is 9.59 Å². The molecule has 0 unspecified atom stereocenters. The van der Waals surface area contributed by atoms with Gasteiger partial charge in [0.15, 0.2) is 5.78 Å². The first-order chi connectivity index (χ1) is 8.75. The van der Waals surface area contributed by atoms with Gasteiger partial charge in [0.1, 0.15) is 0 Å². The number of ketones is 1. The molecule has 1 aliphatic heterocycles. The van der Waals surface area contributed by atoms with Crippen molar-refractivity contribution in [3.05, 3.63) is 35.9 Å². The lowest BCUT2D eigenvalue weighted by molar-refractivity contribution is -0.135. The van der Waals surface area contributed by atoms with Gasteiger partial charge in [-0.05, 0) is 24.3 Å². The van der Waals surface area contributed by atoms with Crippen LogP contribution in [0.15, 0.2) is 30.3 Å². The number of fused-ring (bicyclic) bond motifs is 1. The van der Waals surface area contributed by atoms with Crippen molar-refractivity contribution in [1.29, 1.82) is 0 Å². The summed E-state index contributed by atoms with van der Waals surface area (Å²) in [6.45, 7) is 0.576. The maximum Gasteiger partial charge on any atom is 0.223 e. The lowest BCUT2D eigenvalue weighted by atomic mass is 9.84. The third-order valence-electron chi connectivity index (χ3n) is 4.06. The van der Waals surface area contributed by atoms with E-state index in [1.165, 1.54) is 0 Å². The Morgan fingerprint density at radius 3 is 2.72 bits per heavy atom. The second-order valence-corrected chi connectivity index (χ2v) is 5.27. The standard InChI is InChI=1S/C15H17NO2/c17-13-8-4-7-12-9-14(18)16(15(12)13)10-11-5-2-1-3-6-11/h1-3,5-6,12,15H,4,7-10H2/t12-,15+/m1/s1. The molecule has 1 aromatic rings. The van der Waals surface area contributed by atoms with Crippen LogP contribution in [0.25, 0.3) is 0 Å². The lowest BCUT2D eigenvalue weighted by Gasteiger charge is -2.30. The first kappa shape index (κ1) is 11.5. The van der Waals surface area contributed by atoms with Gasteiger partial charge >= 0.3 is 0 Å². The number of hydrogen-bond acceptors (Lipinski definition) is 2. The van der Waals surface area contributed by atoms with Crippen LogP contribution in [0.2, 0.25) is 0 Å². The lowest BCUT2D eigenvalue weighted by Crippen LogP contribution is -2.42. The molecule has 2 fully saturated rings. The number of likely N-dealkylation sites (tertiary alicyclic amines) is 1. The number of amides is 1. The number of carbonyl (C=O) groups excluding carboxylic acids is 2. The summed E-state index contributed by atoms with van der Waals surface area (Å²) in [4.78, 5) is 25.9. The second-order valence-electron chi connectivity index (χ2n) is 5.27. The van der Waals surface area contributed by atoms with Crippen LogP contribution in [0.1, 0.15) is 31.2 Å². The Hall–Kier alpha value is -1.64. The zero-order chi connectivity index (χ0) is 12.5. The Balaban J connectivity index is 1.82. The van der Waals surface area contributed by atoms with Crippen molar-refractivity contribution in [1.82, 2.24) is 4.90 Å². The van der Waals surface area contributed by atoms with Crippen molar-refractivity contribution >= 4 is 11.7 Å².